The first kappa shape index (κ1) is 10.9. The lowest BCUT2D eigenvalue weighted by molar-refractivity contribution is 0.112. The molecule has 0 aliphatic carbocycles. The summed E-state index contributed by atoms with van der Waals surface area (Å²) in [4.78, 5) is 17.3. The molecule has 0 bridgehead atoms. The Bertz CT molecular complexity index is 365. The largest absolute Gasteiger partial charge is 0.444 e. The SMILES string of the molecule is CC(C)[C@@H]1CN(Cc2ccncc2)C(=O)O1. The summed E-state index contributed by atoms with van der Waals surface area (Å²) in [5, 5.41) is 0. The van der Waals surface area contributed by atoms with E-state index in [-0.39, 0.29) is 12.2 Å². The second-order valence-electron chi connectivity index (χ2n) is 4.40. The maximum atomic E-state index is 11.6. The average molecular weight is 220 g/mol. The van der Waals surface area contributed by atoms with Crippen LogP contribution < -0.4 is 0 Å². The quantitative estimate of drug-likeness (QED) is 0.783. The molecule has 0 aromatic carbocycles. The summed E-state index contributed by atoms with van der Waals surface area (Å²) in [7, 11) is 0. The Morgan fingerprint density at radius 1 is 1.50 bits per heavy atom. The maximum Gasteiger partial charge on any atom is 0.410 e. The fraction of sp³-hybridized carbons (Fsp3) is 0.500. The highest BCUT2D eigenvalue weighted by molar-refractivity contribution is 5.69. The number of aromatic nitrogens is 1. The summed E-state index contributed by atoms with van der Waals surface area (Å²) in [6.07, 6.45) is 3.28. The lowest BCUT2D eigenvalue weighted by Gasteiger charge is -2.13. The number of cyclic esters (lactones) is 1. The molecule has 0 spiro atoms. The van der Waals surface area contributed by atoms with Crippen LogP contribution in [0.5, 0.6) is 0 Å². The van der Waals surface area contributed by atoms with E-state index in [4.69, 9.17) is 4.74 Å². The second-order valence-corrected chi connectivity index (χ2v) is 4.40. The van der Waals surface area contributed by atoms with Crippen molar-refractivity contribution in [3.05, 3.63) is 30.1 Å². The molecular formula is C12H16N2O2. The van der Waals surface area contributed by atoms with Crippen LogP contribution in [-0.2, 0) is 11.3 Å². The Hall–Kier alpha value is -1.58. The maximum absolute atomic E-state index is 11.6. The van der Waals surface area contributed by atoms with E-state index in [1.54, 1.807) is 17.3 Å². The highest BCUT2D eigenvalue weighted by atomic mass is 16.6. The lowest BCUT2D eigenvalue weighted by atomic mass is 10.1. The molecule has 4 heteroatoms. The Kier molecular flexibility index (Phi) is 3.08. The van der Waals surface area contributed by atoms with Crippen molar-refractivity contribution >= 4 is 6.09 Å². The molecule has 16 heavy (non-hydrogen) atoms. The molecule has 0 unspecified atom stereocenters. The van der Waals surface area contributed by atoms with Crippen molar-refractivity contribution in [2.24, 2.45) is 5.92 Å². The van der Waals surface area contributed by atoms with Crippen LogP contribution in [-0.4, -0.2) is 28.6 Å². The van der Waals surface area contributed by atoms with E-state index in [0.29, 0.717) is 19.0 Å². The molecule has 2 rings (SSSR count). The first-order valence-electron chi connectivity index (χ1n) is 5.51. The first-order valence-corrected chi connectivity index (χ1v) is 5.51. The lowest BCUT2D eigenvalue weighted by Crippen LogP contribution is -2.25. The molecular weight excluding hydrogens is 204 g/mol. The third-order valence-electron chi connectivity index (χ3n) is 2.78. The van der Waals surface area contributed by atoms with Crippen molar-refractivity contribution in [2.75, 3.05) is 6.54 Å². The summed E-state index contributed by atoms with van der Waals surface area (Å²) in [6.45, 7) is 5.41. The summed E-state index contributed by atoms with van der Waals surface area (Å²) < 4.78 is 5.28. The van der Waals surface area contributed by atoms with E-state index in [1.165, 1.54) is 0 Å². The average Bonchev–Trinajstić information content (AvgIpc) is 2.62. The number of rotatable bonds is 3. The third-order valence-corrected chi connectivity index (χ3v) is 2.78. The van der Waals surface area contributed by atoms with Gasteiger partial charge in [-0.2, -0.15) is 0 Å². The zero-order chi connectivity index (χ0) is 11.5. The van der Waals surface area contributed by atoms with Crippen molar-refractivity contribution in [1.29, 1.82) is 0 Å². The zero-order valence-electron chi connectivity index (χ0n) is 9.59. The molecule has 4 nitrogen and oxygen atoms in total. The van der Waals surface area contributed by atoms with Gasteiger partial charge >= 0.3 is 6.09 Å². The predicted octanol–water partition coefficient (Wildman–Crippen LogP) is 2.06. The summed E-state index contributed by atoms with van der Waals surface area (Å²) >= 11 is 0. The minimum atomic E-state index is -0.212. The van der Waals surface area contributed by atoms with Gasteiger partial charge in [0.05, 0.1) is 6.54 Å². The molecule has 1 fully saturated rings. The molecule has 0 saturated carbocycles. The molecule has 86 valence electrons. The standard InChI is InChI=1S/C12H16N2O2/c1-9(2)11-8-14(12(15)16-11)7-10-3-5-13-6-4-10/h3-6,9,11H,7-8H2,1-2H3/t11-/m0/s1. The van der Waals surface area contributed by atoms with Crippen molar-refractivity contribution < 1.29 is 9.53 Å². The van der Waals surface area contributed by atoms with E-state index in [9.17, 15) is 4.79 Å². The number of pyridine rings is 1. The number of carbonyl (C=O) groups is 1. The monoisotopic (exact) mass is 220 g/mol. The highest BCUT2D eigenvalue weighted by Crippen LogP contribution is 2.19. The first-order chi connectivity index (χ1) is 7.66. The number of amides is 1. The van der Waals surface area contributed by atoms with Crippen LogP contribution in [0.1, 0.15) is 19.4 Å². The number of hydrogen-bond donors (Lipinski definition) is 0. The van der Waals surface area contributed by atoms with Crippen molar-refractivity contribution in [1.82, 2.24) is 9.88 Å². The molecule has 1 aliphatic heterocycles. The number of hydrogen-bond acceptors (Lipinski definition) is 3. The number of carbonyl (C=O) groups excluding carboxylic acids is 1. The van der Waals surface area contributed by atoms with Crippen LogP contribution in [0.25, 0.3) is 0 Å². The Morgan fingerprint density at radius 2 is 2.19 bits per heavy atom. The van der Waals surface area contributed by atoms with Crippen LogP contribution in [0, 0.1) is 5.92 Å². The van der Waals surface area contributed by atoms with Crippen LogP contribution in [0.2, 0.25) is 0 Å². The van der Waals surface area contributed by atoms with E-state index in [2.05, 4.69) is 18.8 Å². The molecule has 0 N–H and O–H groups in total. The van der Waals surface area contributed by atoms with E-state index in [0.717, 1.165) is 5.56 Å². The fourth-order valence-electron chi connectivity index (χ4n) is 1.72. The van der Waals surface area contributed by atoms with Crippen LogP contribution in [0.15, 0.2) is 24.5 Å². The van der Waals surface area contributed by atoms with Crippen molar-refractivity contribution in [3.63, 3.8) is 0 Å². The van der Waals surface area contributed by atoms with E-state index >= 15 is 0 Å². The van der Waals surface area contributed by atoms with Gasteiger partial charge in [-0.05, 0) is 23.6 Å². The van der Waals surface area contributed by atoms with Gasteiger partial charge in [0.15, 0.2) is 0 Å². The number of nitrogens with zero attached hydrogens (tertiary/aromatic N) is 2. The van der Waals surface area contributed by atoms with Gasteiger partial charge < -0.3 is 9.64 Å². The van der Waals surface area contributed by atoms with E-state index < -0.39 is 0 Å². The summed E-state index contributed by atoms with van der Waals surface area (Å²) in [6, 6.07) is 3.83. The second kappa shape index (κ2) is 4.51. The van der Waals surface area contributed by atoms with Gasteiger partial charge in [-0.1, -0.05) is 13.8 Å². The van der Waals surface area contributed by atoms with E-state index in [1.807, 2.05) is 12.1 Å². The normalized spacial score (nSPS) is 20.3. The highest BCUT2D eigenvalue weighted by Gasteiger charge is 2.32. The molecule has 2 heterocycles. The number of ether oxygens (including phenoxy) is 1. The summed E-state index contributed by atoms with van der Waals surface area (Å²) in [5.41, 5.74) is 1.08. The third kappa shape index (κ3) is 2.32. The molecule has 1 aromatic rings. The Labute approximate surface area is 95.2 Å². The van der Waals surface area contributed by atoms with Gasteiger partial charge in [-0.25, -0.2) is 4.79 Å². The minimum absolute atomic E-state index is 0.0225. The van der Waals surface area contributed by atoms with Gasteiger partial charge in [0.2, 0.25) is 0 Å². The van der Waals surface area contributed by atoms with Crippen molar-refractivity contribution in [2.45, 2.75) is 26.5 Å². The minimum Gasteiger partial charge on any atom is -0.444 e. The predicted molar refractivity (Wildman–Crippen MR) is 59.8 cm³/mol. The molecule has 1 aromatic heterocycles. The Morgan fingerprint density at radius 3 is 2.75 bits per heavy atom. The van der Waals surface area contributed by atoms with Gasteiger partial charge in [0.25, 0.3) is 0 Å². The van der Waals surface area contributed by atoms with Crippen LogP contribution in [0.3, 0.4) is 0 Å². The van der Waals surface area contributed by atoms with Gasteiger partial charge in [-0.15, -0.1) is 0 Å². The topological polar surface area (TPSA) is 42.4 Å². The molecule has 1 atom stereocenters. The molecule has 1 aliphatic rings. The van der Waals surface area contributed by atoms with Gasteiger partial charge in [-0.3, -0.25) is 4.98 Å². The van der Waals surface area contributed by atoms with Gasteiger partial charge in [0, 0.05) is 18.9 Å². The summed E-state index contributed by atoms with van der Waals surface area (Å²) in [5.74, 6) is 0.367. The Balaban J connectivity index is 1.99. The zero-order valence-corrected chi connectivity index (χ0v) is 9.59. The molecule has 1 amide bonds. The molecule has 0 radical (unpaired) electrons. The van der Waals surface area contributed by atoms with Crippen molar-refractivity contribution in [3.8, 4) is 0 Å². The van der Waals surface area contributed by atoms with Crippen LogP contribution >= 0.6 is 0 Å². The van der Waals surface area contributed by atoms with Crippen LogP contribution in [0.4, 0.5) is 4.79 Å². The van der Waals surface area contributed by atoms with Gasteiger partial charge in [0.1, 0.15) is 6.10 Å². The fourth-order valence-corrected chi connectivity index (χ4v) is 1.72. The smallest absolute Gasteiger partial charge is 0.410 e. The molecule has 1 saturated heterocycles.